The fourth-order valence-corrected chi connectivity index (χ4v) is 3.48. The first-order valence-electron chi connectivity index (χ1n) is 12.0. The van der Waals surface area contributed by atoms with E-state index in [1.54, 1.807) is 12.4 Å². The minimum Gasteiger partial charge on any atom is -0.444 e. The number of hydrogen-bond donors (Lipinski definition) is 2. The smallest absolute Gasteiger partial charge is 0.435 e. The Hall–Kier alpha value is -3.81. The molecule has 0 aliphatic carbocycles. The Morgan fingerprint density at radius 1 is 0.889 bits per heavy atom. The first kappa shape index (κ1) is 26.8. The molecule has 0 radical (unpaired) electrons. The van der Waals surface area contributed by atoms with Crippen LogP contribution >= 0.6 is 0 Å². The van der Waals surface area contributed by atoms with E-state index >= 15 is 0 Å². The number of hydrogen-bond acceptors (Lipinski definition) is 6. The predicted molar refractivity (Wildman–Crippen MR) is 141 cm³/mol. The quantitative estimate of drug-likeness (QED) is 0.417. The number of alkyl carbamates (subject to hydrolysis) is 1. The zero-order chi connectivity index (χ0) is 26.3. The molecule has 0 fully saturated rings. The zero-order valence-electron chi connectivity index (χ0n) is 21.9. The summed E-state index contributed by atoms with van der Waals surface area (Å²) in [6, 6.07) is 17.9. The molecule has 1 heterocycles. The van der Waals surface area contributed by atoms with Gasteiger partial charge in [0.1, 0.15) is 11.2 Å². The Bertz CT molecular complexity index is 1160. The molecule has 0 saturated heterocycles. The topological polar surface area (TPSA) is 94.5 Å². The van der Waals surface area contributed by atoms with Gasteiger partial charge in [-0.15, -0.1) is 0 Å². The van der Waals surface area contributed by atoms with Crippen LogP contribution in [0.15, 0.2) is 67.0 Å². The normalized spacial score (nSPS) is 12.5. The summed E-state index contributed by atoms with van der Waals surface area (Å²) in [6.45, 7) is 12.0. The van der Waals surface area contributed by atoms with Gasteiger partial charge in [-0.2, -0.15) is 9.78 Å². The average Bonchev–Trinajstić information content (AvgIpc) is 3.28. The molecule has 2 N–H and O–H groups in total. The maximum absolute atomic E-state index is 12.3. The number of nitrogens with one attached hydrogen (secondary N) is 2. The molecule has 0 saturated carbocycles. The molecule has 3 rings (SSSR count). The summed E-state index contributed by atoms with van der Waals surface area (Å²) in [6.07, 6.45) is 2.34. The van der Waals surface area contributed by atoms with Crippen molar-refractivity contribution in [3.05, 3.63) is 72.6 Å². The van der Waals surface area contributed by atoms with Crippen LogP contribution in [0.1, 0.15) is 53.0 Å². The number of rotatable bonds is 7. The number of carbonyl (C=O) groups is 2. The molecule has 0 bridgehead atoms. The van der Waals surface area contributed by atoms with Crippen LogP contribution < -0.4 is 10.6 Å². The zero-order valence-corrected chi connectivity index (χ0v) is 21.9. The highest BCUT2D eigenvalue weighted by molar-refractivity contribution is 5.74. The summed E-state index contributed by atoms with van der Waals surface area (Å²) in [5, 5.41) is 10.5. The van der Waals surface area contributed by atoms with Gasteiger partial charge < -0.3 is 20.1 Å². The third kappa shape index (κ3) is 8.45. The third-order valence-corrected chi connectivity index (χ3v) is 5.07. The Kier molecular flexibility index (Phi) is 8.40. The van der Waals surface area contributed by atoms with Gasteiger partial charge in [0, 0.05) is 36.5 Å². The van der Waals surface area contributed by atoms with Crippen LogP contribution in [-0.2, 0) is 9.47 Å². The standard InChI is InChI=1S/C28H36N4O4/c1-27(2,3)35-25(33)30-17-22(20-11-8-7-9-12-20)16-29-24-14-10-13-21(15-24)23-18-31-32(19-23)26(34)36-28(4,5)6/h7-15,18-19,22,29H,16-17H2,1-6H3,(H,30,33). The van der Waals surface area contributed by atoms with E-state index in [0.717, 1.165) is 22.4 Å². The lowest BCUT2D eigenvalue weighted by molar-refractivity contribution is 0.0507. The van der Waals surface area contributed by atoms with E-state index in [9.17, 15) is 9.59 Å². The van der Waals surface area contributed by atoms with Gasteiger partial charge >= 0.3 is 12.2 Å². The molecule has 36 heavy (non-hydrogen) atoms. The number of aromatic nitrogens is 2. The number of benzene rings is 2. The SMILES string of the molecule is CC(C)(C)OC(=O)NCC(CNc1cccc(-c2cnn(C(=O)OC(C)(C)C)c2)c1)c1ccccc1. The first-order valence-corrected chi connectivity index (χ1v) is 12.0. The fourth-order valence-electron chi connectivity index (χ4n) is 3.48. The van der Waals surface area contributed by atoms with Gasteiger partial charge in [-0.05, 0) is 64.8 Å². The van der Waals surface area contributed by atoms with Crippen molar-refractivity contribution in [1.29, 1.82) is 0 Å². The Labute approximate surface area is 213 Å². The van der Waals surface area contributed by atoms with Crippen LogP contribution in [0.25, 0.3) is 11.1 Å². The Morgan fingerprint density at radius 2 is 1.58 bits per heavy atom. The van der Waals surface area contributed by atoms with Gasteiger partial charge in [0.2, 0.25) is 0 Å². The second-order valence-corrected chi connectivity index (χ2v) is 10.6. The summed E-state index contributed by atoms with van der Waals surface area (Å²) in [7, 11) is 0. The molecular weight excluding hydrogens is 456 g/mol. The van der Waals surface area contributed by atoms with E-state index in [4.69, 9.17) is 9.47 Å². The molecule has 1 unspecified atom stereocenters. The first-order chi connectivity index (χ1) is 16.9. The van der Waals surface area contributed by atoms with Crippen molar-refractivity contribution >= 4 is 17.9 Å². The van der Waals surface area contributed by atoms with Gasteiger partial charge in [0.25, 0.3) is 0 Å². The molecule has 0 aliphatic rings. The van der Waals surface area contributed by atoms with E-state index < -0.39 is 23.4 Å². The molecule has 8 heteroatoms. The van der Waals surface area contributed by atoms with Crippen LogP contribution in [-0.4, -0.2) is 46.3 Å². The van der Waals surface area contributed by atoms with Crippen LogP contribution in [0.2, 0.25) is 0 Å². The van der Waals surface area contributed by atoms with Crippen LogP contribution in [0.3, 0.4) is 0 Å². The largest absolute Gasteiger partial charge is 0.444 e. The van der Waals surface area contributed by atoms with Crippen molar-refractivity contribution < 1.29 is 19.1 Å². The molecule has 3 aromatic rings. The number of carbonyl (C=O) groups excluding carboxylic acids is 2. The summed E-state index contributed by atoms with van der Waals surface area (Å²) in [5.41, 5.74) is 2.59. The molecular formula is C28H36N4O4. The summed E-state index contributed by atoms with van der Waals surface area (Å²) >= 11 is 0. The monoisotopic (exact) mass is 492 g/mol. The number of anilines is 1. The molecule has 1 amide bonds. The summed E-state index contributed by atoms with van der Waals surface area (Å²) in [4.78, 5) is 24.5. The van der Waals surface area contributed by atoms with Gasteiger partial charge in [-0.1, -0.05) is 42.5 Å². The Balaban J connectivity index is 1.68. The molecule has 8 nitrogen and oxygen atoms in total. The summed E-state index contributed by atoms with van der Waals surface area (Å²) < 4.78 is 12.0. The van der Waals surface area contributed by atoms with Crippen LogP contribution in [0.4, 0.5) is 15.3 Å². The second-order valence-electron chi connectivity index (χ2n) is 10.6. The van der Waals surface area contributed by atoms with Crippen molar-refractivity contribution in [2.45, 2.75) is 58.7 Å². The van der Waals surface area contributed by atoms with E-state index in [0.29, 0.717) is 13.1 Å². The number of ether oxygens (including phenoxy) is 2. The second kappa shape index (κ2) is 11.3. The van der Waals surface area contributed by atoms with E-state index in [2.05, 4.69) is 15.7 Å². The number of amides is 1. The molecule has 192 valence electrons. The van der Waals surface area contributed by atoms with Gasteiger partial charge in [-0.25, -0.2) is 9.59 Å². The van der Waals surface area contributed by atoms with Crippen molar-refractivity contribution in [2.75, 3.05) is 18.4 Å². The van der Waals surface area contributed by atoms with Gasteiger partial charge in [0.15, 0.2) is 0 Å². The van der Waals surface area contributed by atoms with Gasteiger partial charge in [-0.3, -0.25) is 0 Å². The van der Waals surface area contributed by atoms with E-state index in [1.165, 1.54) is 4.68 Å². The lowest BCUT2D eigenvalue weighted by atomic mass is 9.99. The molecule has 2 aromatic carbocycles. The average molecular weight is 493 g/mol. The van der Waals surface area contributed by atoms with Crippen LogP contribution in [0.5, 0.6) is 0 Å². The molecule has 1 aromatic heterocycles. The van der Waals surface area contributed by atoms with Crippen molar-refractivity contribution in [3.63, 3.8) is 0 Å². The third-order valence-electron chi connectivity index (χ3n) is 5.07. The highest BCUT2D eigenvalue weighted by Crippen LogP contribution is 2.24. The van der Waals surface area contributed by atoms with Crippen molar-refractivity contribution in [1.82, 2.24) is 15.1 Å². The van der Waals surface area contributed by atoms with E-state index in [-0.39, 0.29) is 5.92 Å². The maximum atomic E-state index is 12.3. The molecule has 0 spiro atoms. The highest BCUT2D eigenvalue weighted by atomic mass is 16.6. The fraction of sp³-hybridized carbons (Fsp3) is 0.393. The lowest BCUT2D eigenvalue weighted by Crippen LogP contribution is -2.36. The lowest BCUT2D eigenvalue weighted by Gasteiger charge is -2.23. The minimum absolute atomic E-state index is 0.0253. The van der Waals surface area contributed by atoms with E-state index in [1.807, 2.05) is 96.1 Å². The van der Waals surface area contributed by atoms with Gasteiger partial charge in [0.05, 0.1) is 6.20 Å². The van der Waals surface area contributed by atoms with Crippen LogP contribution in [0, 0.1) is 0 Å². The maximum Gasteiger partial charge on any atom is 0.435 e. The number of nitrogens with zero attached hydrogens (tertiary/aromatic N) is 2. The molecule has 0 aliphatic heterocycles. The molecule has 1 atom stereocenters. The predicted octanol–water partition coefficient (Wildman–Crippen LogP) is 6.05. The van der Waals surface area contributed by atoms with Crippen molar-refractivity contribution in [3.8, 4) is 11.1 Å². The highest BCUT2D eigenvalue weighted by Gasteiger charge is 2.20. The van der Waals surface area contributed by atoms with Crippen molar-refractivity contribution in [2.24, 2.45) is 0 Å². The minimum atomic E-state index is -0.597. The Morgan fingerprint density at radius 3 is 2.25 bits per heavy atom. The summed E-state index contributed by atoms with van der Waals surface area (Å²) in [5.74, 6) is 0.0253.